The summed E-state index contributed by atoms with van der Waals surface area (Å²) < 4.78 is 10.5. The number of ether oxygens (including phenoxy) is 2. The normalized spacial score (nSPS) is 21.0. The van der Waals surface area contributed by atoms with Gasteiger partial charge in [0.1, 0.15) is 0 Å². The molecule has 0 aromatic heterocycles. The quantitative estimate of drug-likeness (QED) is 0.775. The highest BCUT2D eigenvalue weighted by atomic mass is 16.7. The molecule has 0 amide bonds. The number of carboxylic acids is 2. The van der Waals surface area contributed by atoms with Gasteiger partial charge in [0, 0.05) is 16.7 Å². The zero-order chi connectivity index (χ0) is 20.1. The fourth-order valence-corrected chi connectivity index (χ4v) is 2.88. The lowest BCUT2D eigenvalue weighted by atomic mass is 10.1. The summed E-state index contributed by atoms with van der Waals surface area (Å²) in [6, 6.07) is 15.0. The molecule has 3 rings (SSSR count). The Bertz CT molecular complexity index is 883. The van der Waals surface area contributed by atoms with Crippen LogP contribution in [0.15, 0.2) is 48.5 Å². The Morgan fingerprint density at radius 2 is 1.32 bits per heavy atom. The average molecular weight is 380 g/mol. The lowest BCUT2D eigenvalue weighted by Crippen LogP contribution is -2.36. The van der Waals surface area contributed by atoms with E-state index in [1.807, 2.05) is 12.1 Å². The third-order valence-electron chi connectivity index (χ3n) is 4.33. The summed E-state index contributed by atoms with van der Waals surface area (Å²) in [5.41, 5.74) is 3.50. The Hall–Kier alpha value is -3.14. The van der Waals surface area contributed by atoms with Crippen LogP contribution >= 0.6 is 0 Å². The van der Waals surface area contributed by atoms with Gasteiger partial charge in [-0.1, -0.05) is 49.5 Å². The van der Waals surface area contributed by atoms with E-state index in [9.17, 15) is 9.59 Å². The second-order valence-corrected chi connectivity index (χ2v) is 6.44. The van der Waals surface area contributed by atoms with Crippen LogP contribution in [0.4, 0.5) is 0 Å². The van der Waals surface area contributed by atoms with Crippen LogP contribution in [0.5, 0.6) is 0 Å². The molecule has 144 valence electrons. The van der Waals surface area contributed by atoms with Gasteiger partial charge < -0.3 is 19.7 Å². The largest absolute Gasteiger partial charge is 0.479 e. The topological polar surface area (TPSA) is 93.1 Å². The van der Waals surface area contributed by atoms with E-state index in [1.165, 1.54) is 5.56 Å². The molecule has 0 bridgehead atoms. The average Bonchev–Trinajstić information content (AvgIpc) is 3.14. The Labute approximate surface area is 162 Å². The SMILES string of the molecule is CCCc1ccc(C#Cc2ccc(C3OC(C(=O)O)C(C(=O)O)O3)cc2)cc1. The second-order valence-electron chi connectivity index (χ2n) is 6.44. The van der Waals surface area contributed by atoms with Gasteiger partial charge in [0.2, 0.25) is 0 Å². The molecule has 0 saturated carbocycles. The van der Waals surface area contributed by atoms with E-state index in [0.29, 0.717) is 5.56 Å². The van der Waals surface area contributed by atoms with Crippen LogP contribution in [0.25, 0.3) is 0 Å². The first kappa shape index (κ1) is 19.6. The van der Waals surface area contributed by atoms with Crippen molar-refractivity contribution in [1.82, 2.24) is 0 Å². The van der Waals surface area contributed by atoms with Crippen molar-refractivity contribution in [2.24, 2.45) is 0 Å². The molecule has 1 aliphatic heterocycles. The lowest BCUT2D eigenvalue weighted by Gasteiger charge is -2.09. The van der Waals surface area contributed by atoms with E-state index < -0.39 is 30.4 Å². The van der Waals surface area contributed by atoms with Gasteiger partial charge in [0.05, 0.1) is 0 Å². The fraction of sp³-hybridized carbons (Fsp3) is 0.273. The van der Waals surface area contributed by atoms with Gasteiger partial charge in [-0.3, -0.25) is 0 Å². The number of aliphatic carboxylic acids is 2. The molecule has 2 atom stereocenters. The first-order chi connectivity index (χ1) is 13.5. The van der Waals surface area contributed by atoms with Crippen molar-refractivity contribution in [3.63, 3.8) is 0 Å². The number of carboxylic acid groups (broad SMARTS) is 2. The van der Waals surface area contributed by atoms with Crippen molar-refractivity contribution in [2.75, 3.05) is 0 Å². The zero-order valence-corrected chi connectivity index (χ0v) is 15.3. The van der Waals surface area contributed by atoms with Gasteiger partial charge in [-0.2, -0.15) is 0 Å². The van der Waals surface area contributed by atoms with E-state index in [-0.39, 0.29) is 0 Å². The van der Waals surface area contributed by atoms with Gasteiger partial charge in [-0.05, 0) is 36.2 Å². The molecule has 1 aliphatic rings. The minimum absolute atomic E-state index is 0.532. The summed E-state index contributed by atoms with van der Waals surface area (Å²) in [6.45, 7) is 2.14. The molecule has 6 heteroatoms. The molecule has 2 aromatic rings. The summed E-state index contributed by atoms with van der Waals surface area (Å²) >= 11 is 0. The smallest absolute Gasteiger partial charge is 0.336 e. The molecule has 28 heavy (non-hydrogen) atoms. The second kappa shape index (κ2) is 8.70. The molecular weight excluding hydrogens is 360 g/mol. The Morgan fingerprint density at radius 3 is 1.75 bits per heavy atom. The summed E-state index contributed by atoms with van der Waals surface area (Å²) in [5.74, 6) is 3.41. The Morgan fingerprint density at radius 1 is 0.857 bits per heavy atom. The van der Waals surface area contributed by atoms with Crippen molar-refractivity contribution < 1.29 is 29.3 Å². The van der Waals surface area contributed by atoms with E-state index in [2.05, 4.69) is 30.9 Å². The van der Waals surface area contributed by atoms with Crippen molar-refractivity contribution in [3.05, 3.63) is 70.8 Å². The van der Waals surface area contributed by atoms with Crippen LogP contribution in [0.1, 0.15) is 41.9 Å². The third-order valence-corrected chi connectivity index (χ3v) is 4.33. The Kier molecular flexibility index (Phi) is 6.09. The highest BCUT2D eigenvalue weighted by molar-refractivity contribution is 5.84. The van der Waals surface area contributed by atoms with Crippen LogP contribution in [-0.4, -0.2) is 34.4 Å². The first-order valence-electron chi connectivity index (χ1n) is 8.95. The summed E-state index contributed by atoms with van der Waals surface area (Å²) in [6.07, 6.45) is -1.98. The standard InChI is InChI=1S/C22H20O6/c1-2-3-14-4-6-15(7-5-14)8-9-16-10-12-17(13-11-16)22-27-18(20(23)24)19(28-22)21(25)26/h4-7,10-13,18-19,22H,2-3H2,1H3,(H,23,24)(H,25,26). The number of hydrogen-bond acceptors (Lipinski definition) is 4. The first-order valence-corrected chi connectivity index (χ1v) is 8.95. The predicted molar refractivity (Wildman–Crippen MR) is 101 cm³/mol. The van der Waals surface area contributed by atoms with Crippen molar-refractivity contribution in [3.8, 4) is 11.8 Å². The van der Waals surface area contributed by atoms with Gasteiger partial charge >= 0.3 is 11.9 Å². The predicted octanol–water partition coefficient (Wildman–Crippen LogP) is 2.99. The van der Waals surface area contributed by atoms with Crippen LogP contribution in [-0.2, 0) is 25.5 Å². The highest BCUT2D eigenvalue weighted by Gasteiger charge is 2.46. The minimum Gasteiger partial charge on any atom is -0.479 e. The van der Waals surface area contributed by atoms with E-state index in [4.69, 9.17) is 19.7 Å². The van der Waals surface area contributed by atoms with Crippen molar-refractivity contribution in [2.45, 2.75) is 38.3 Å². The van der Waals surface area contributed by atoms with Crippen LogP contribution in [0.3, 0.4) is 0 Å². The van der Waals surface area contributed by atoms with Crippen LogP contribution < -0.4 is 0 Å². The van der Waals surface area contributed by atoms with Crippen LogP contribution in [0.2, 0.25) is 0 Å². The maximum atomic E-state index is 11.1. The van der Waals surface area contributed by atoms with E-state index in [0.717, 1.165) is 24.0 Å². The summed E-state index contributed by atoms with van der Waals surface area (Å²) in [4.78, 5) is 22.3. The Balaban J connectivity index is 1.69. The number of benzene rings is 2. The van der Waals surface area contributed by atoms with Gasteiger partial charge in [-0.15, -0.1) is 0 Å². The number of hydrogen-bond donors (Lipinski definition) is 2. The number of aryl methyl sites for hydroxylation is 1. The van der Waals surface area contributed by atoms with Gasteiger partial charge in [0.25, 0.3) is 0 Å². The number of rotatable bonds is 5. The van der Waals surface area contributed by atoms with E-state index >= 15 is 0 Å². The number of carbonyl (C=O) groups is 2. The zero-order valence-electron chi connectivity index (χ0n) is 15.3. The van der Waals surface area contributed by atoms with E-state index in [1.54, 1.807) is 24.3 Å². The lowest BCUT2D eigenvalue weighted by molar-refractivity contribution is -0.156. The molecule has 6 nitrogen and oxygen atoms in total. The summed E-state index contributed by atoms with van der Waals surface area (Å²) in [7, 11) is 0. The van der Waals surface area contributed by atoms with Gasteiger partial charge in [-0.25, -0.2) is 9.59 Å². The molecule has 2 aromatic carbocycles. The maximum absolute atomic E-state index is 11.1. The molecule has 2 unspecified atom stereocenters. The molecule has 1 saturated heterocycles. The van der Waals surface area contributed by atoms with Gasteiger partial charge in [0.15, 0.2) is 18.5 Å². The fourth-order valence-electron chi connectivity index (χ4n) is 2.88. The molecule has 2 N–H and O–H groups in total. The highest BCUT2D eigenvalue weighted by Crippen LogP contribution is 2.31. The molecule has 0 spiro atoms. The van der Waals surface area contributed by atoms with Crippen LogP contribution in [0, 0.1) is 11.8 Å². The maximum Gasteiger partial charge on any atom is 0.336 e. The molecule has 0 aliphatic carbocycles. The minimum atomic E-state index is -1.54. The van der Waals surface area contributed by atoms with Crippen molar-refractivity contribution >= 4 is 11.9 Å². The third kappa shape index (κ3) is 4.58. The molecular formula is C22H20O6. The summed E-state index contributed by atoms with van der Waals surface area (Å²) in [5, 5.41) is 18.2. The van der Waals surface area contributed by atoms with Crippen molar-refractivity contribution in [1.29, 1.82) is 0 Å². The molecule has 1 fully saturated rings. The monoisotopic (exact) mass is 380 g/mol. The molecule has 1 heterocycles. The molecule has 0 radical (unpaired) electrons.